The van der Waals surface area contributed by atoms with Gasteiger partial charge in [-0.2, -0.15) is 0 Å². The van der Waals surface area contributed by atoms with E-state index in [1.54, 1.807) is 12.1 Å². The van der Waals surface area contributed by atoms with Gasteiger partial charge < -0.3 is 5.11 Å². The zero-order chi connectivity index (χ0) is 14.5. The van der Waals surface area contributed by atoms with Crippen LogP contribution in [0.1, 0.15) is 11.1 Å². The molecule has 20 heavy (non-hydrogen) atoms. The van der Waals surface area contributed by atoms with Crippen LogP contribution in [-0.4, -0.2) is 15.3 Å². The number of benzene rings is 2. The summed E-state index contributed by atoms with van der Waals surface area (Å²) < 4.78 is 13.1. The number of hydrogen-bond donors (Lipinski definition) is 1. The molecule has 0 heterocycles. The van der Waals surface area contributed by atoms with Crippen molar-refractivity contribution in [1.29, 1.82) is 0 Å². The molecule has 3 nitrogen and oxygen atoms in total. The minimum atomic E-state index is -1.11. The highest BCUT2D eigenvalue weighted by molar-refractivity contribution is 9.10. The number of halogens is 1. The molecule has 0 amide bonds. The van der Waals surface area contributed by atoms with Crippen molar-refractivity contribution >= 4 is 32.7 Å². The van der Waals surface area contributed by atoms with Gasteiger partial charge in [0.1, 0.15) is 0 Å². The first-order chi connectivity index (χ1) is 9.54. The fourth-order valence-corrected chi connectivity index (χ4v) is 3.47. The van der Waals surface area contributed by atoms with E-state index >= 15 is 0 Å². The maximum Gasteiger partial charge on any atom is 0.307 e. The number of carboxylic acid groups (broad SMARTS) is 1. The number of carboxylic acids is 1. The van der Waals surface area contributed by atoms with Crippen LogP contribution in [0.3, 0.4) is 0 Å². The van der Waals surface area contributed by atoms with Gasteiger partial charge in [-0.05, 0) is 29.3 Å². The molecule has 1 atom stereocenters. The Kier molecular flexibility index (Phi) is 5.09. The first kappa shape index (κ1) is 14.9. The summed E-state index contributed by atoms with van der Waals surface area (Å²) in [5, 5.41) is 8.70. The Labute approximate surface area is 128 Å². The molecule has 0 aliphatic heterocycles. The summed E-state index contributed by atoms with van der Waals surface area (Å²) in [6, 6.07) is 14.6. The zero-order valence-electron chi connectivity index (χ0n) is 10.6. The summed E-state index contributed by atoms with van der Waals surface area (Å²) in [6.45, 7) is 0. The SMILES string of the molecule is O=C(O)Cc1ccc(CS(=O)c2cccc(Br)c2)cc1. The lowest BCUT2D eigenvalue weighted by Gasteiger charge is -2.04. The van der Waals surface area contributed by atoms with Crippen molar-refractivity contribution in [1.82, 2.24) is 0 Å². The smallest absolute Gasteiger partial charge is 0.307 e. The van der Waals surface area contributed by atoms with Gasteiger partial charge in [0.2, 0.25) is 0 Å². The molecule has 0 saturated heterocycles. The summed E-state index contributed by atoms with van der Waals surface area (Å²) >= 11 is 3.36. The van der Waals surface area contributed by atoms with Crippen molar-refractivity contribution in [3.8, 4) is 0 Å². The van der Waals surface area contributed by atoms with E-state index < -0.39 is 16.8 Å². The Morgan fingerprint density at radius 1 is 1.10 bits per heavy atom. The van der Waals surface area contributed by atoms with E-state index in [2.05, 4.69) is 15.9 Å². The molecule has 0 bridgehead atoms. The summed E-state index contributed by atoms with van der Waals surface area (Å²) in [5.74, 6) is -0.431. The van der Waals surface area contributed by atoms with Crippen molar-refractivity contribution in [2.24, 2.45) is 0 Å². The molecule has 104 valence electrons. The van der Waals surface area contributed by atoms with Gasteiger partial charge in [-0.3, -0.25) is 9.00 Å². The molecule has 2 aromatic carbocycles. The molecular formula is C15H13BrO3S. The normalized spacial score (nSPS) is 12.1. The second kappa shape index (κ2) is 6.81. The van der Waals surface area contributed by atoms with E-state index in [1.165, 1.54) is 0 Å². The Morgan fingerprint density at radius 2 is 1.75 bits per heavy atom. The number of rotatable bonds is 5. The van der Waals surface area contributed by atoms with E-state index in [1.807, 2.05) is 36.4 Å². The number of hydrogen-bond acceptors (Lipinski definition) is 2. The van der Waals surface area contributed by atoms with E-state index in [0.29, 0.717) is 5.75 Å². The van der Waals surface area contributed by atoms with Crippen LogP contribution in [-0.2, 0) is 27.8 Å². The lowest BCUT2D eigenvalue weighted by Crippen LogP contribution is -2.01. The number of aliphatic carboxylic acids is 1. The van der Waals surface area contributed by atoms with Crippen LogP contribution in [0, 0.1) is 0 Å². The van der Waals surface area contributed by atoms with Crippen molar-refractivity contribution in [3.05, 3.63) is 64.1 Å². The summed E-state index contributed by atoms with van der Waals surface area (Å²) in [6.07, 6.45) is 0.00893. The second-order valence-corrected chi connectivity index (χ2v) is 6.70. The van der Waals surface area contributed by atoms with Crippen LogP contribution >= 0.6 is 15.9 Å². The highest BCUT2D eigenvalue weighted by atomic mass is 79.9. The second-order valence-electron chi connectivity index (χ2n) is 4.33. The molecule has 0 aliphatic rings. The third-order valence-corrected chi connectivity index (χ3v) is 4.60. The highest BCUT2D eigenvalue weighted by Gasteiger charge is 2.06. The Hall–Kier alpha value is -1.46. The van der Waals surface area contributed by atoms with Gasteiger partial charge in [0.15, 0.2) is 0 Å². The van der Waals surface area contributed by atoms with Crippen molar-refractivity contribution in [3.63, 3.8) is 0 Å². The van der Waals surface area contributed by atoms with Crippen LogP contribution in [0.2, 0.25) is 0 Å². The topological polar surface area (TPSA) is 54.4 Å². The van der Waals surface area contributed by atoms with Gasteiger partial charge in [-0.25, -0.2) is 0 Å². The molecule has 0 spiro atoms. The van der Waals surface area contributed by atoms with Crippen molar-refractivity contribution < 1.29 is 14.1 Å². The van der Waals surface area contributed by atoms with E-state index in [4.69, 9.17) is 5.11 Å². The van der Waals surface area contributed by atoms with Gasteiger partial charge in [-0.1, -0.05) is 46.3 Å². The van der Waals surface area contributed by atoms with Crippen LogP contribution in [0.15, 0.2) is 57.9 Å². The molecule has 0 fully saturated rings. The minimum Gasteiger partial charge on any atom is -0.481 e. The van der Waals surface area contributed by atoms with Crippen molar-refractivity contribution in [2.45, 2.75) is 17.1 Å². The molecule has 5 heteroatoms. The van der Waals surface area contributed by atoms with Gasteiger partial charge in [0.25, 0.3) is 0 Å². The predicted molar refractivity (Wildman–Crippen MR) is 82.0 cm³/mol. The van der Waals surface area contributed by atoms with E-state index in [0.717, 1.165) is 20.5 Å². The van der Waals surface area contributed by atoms with Gasteiger partial charge in [0.05, 0.1) is 23.0 Å². The van der Waals surface area contributed by atoms with Crippen LogP contribution in [0.25, 0.3) is 0 Å². The summed E-state index contributed by atoms with van der Waals surface area (Å²) in [5.41, 5.74) is 1.67. The maximum atomic E-state index is 12.2. The lowest BCUT2D eigenvalue weighted by molar-refractivity contribution is -0.136. The molecule has 0 aromatic heterocycles. The third kappa shape index (κ3) is 4.28. The van der Waals surface area contributed by atoms with Gasteiger partial charge >= 0.3 is 5.97 Å². The number of carbonyl (C=O) groups is 1. The Morgan fingerprint density at radius 3 is 2.35 bits per heavy atom. The Balaban J connectivity index is 2.06. The van der Waals surface area contributed by atoms with Crippen LogP contribution in [0.5, 0.6) is 0 Å². The molecule has 0 aliphatic carbocycles. The lowest BCUT2D eigenvalue weighted by atomic mass is 10.1. The quantitative estimate of drug-likeness (QED) is 0.897. The highest BCUT2D eigenvalue weighted by Crippen LogP contribution is 2.17. The maximum absolute atomic E-state index is 12.2. The van der Waals surface area contributed by atoms with Crippen LogP contribution < -0.4 is 0 Å². The molecule has 0 radical (unpaired) electrons. The summed E-state index contributed by atoms with van der Waals surface area (Å²) in [7, 11) is -1.11. The van der Waals surface area contributed by atoms with Gasteiger partial charge in [-0.15, -0.1) is 0 Å². The van der Waals surface area contributed by atoms with Crippen LogP contribution in [0.4, 0.5) is 0 Å². The molecule has 1 unspecified atom stereocenters. The predicted octanol–water partition coefficient (Wildman–Crippen LogP) is 3.38. The monoisotopic (exact) mass is 352 g/mol. The molecule has 2 rings (SSSR count). The fraction of sp³-hybridized carbons (Fsp3) is 0.133. The molecule has 2 aromatic rings. The molecule has 0 saturated carbocycles. The molecular weight excluding hydrogens is 340 g/mol. The first-order valence-electron chi connectivity index (χ1n) is 5.98. The largest absolute Gasteiger partial charge is 0.481 e. The average Bonchev–Trinajstić information content (AvgIpc) is 2.40. The fourth-order valence-electron chi connectivity index (χ4n) is 1.77. The zero-order valence-corrected chi connectivity index (χ0v) is 13.0. The average molecular weight is 353 g/mol. The minimum absolute atomic E-state index is 0.00893. The standard InChI is InChI=1S/C15H13BrO3S/c16-13-2-1-3-14(9-13)20(19)10-12-6-4-11(5-7-12)8-15(17)18/h1-7,9H,8,10H2,(H,17,18). The van der Waals surface area contributed by atoms with E-state index in [-0.39, 0.29) is 6.42 Å². The Bertz CT molecular complexity index is 638. The molecule has 1 N–H and O–H groups in total. The van der Waals surface area contributed by atoms with E-state index in [9.17, 15) is 9.00 Å². The summed E-state index contributed by atoms with van der Waals surface area (Å²) in [4.78, 5) is 11.4. The van der Waals surface area contributed by atoms with Crippen molar-refractivity contribution in [2.75, 3.05) is 0 Å². The third-order valence-electron chi connectivity index (χ3n) is 2.74. The van der Waals surface area contributed by atoms with Gasteiger partial charge in [0, 0.05) is 9.37 Å². The first-order valence-corrected chi connectivity index (χ1v) is 8.09.